The molecule has 0 bridgehead atoms. The maximum atomic E-state index is 5.78. The number of ether oxygens (including phenoxy) is 2. The van der Waals surface area contributed by atoms with E-state index < -0.39 is 0 Å². The zero-order valence-electron chi connectivity index (χ0n) is 20.2. The molecule has 0 saturated carbocycles. The fourth-order valence-electron chi connectivity index (χ4n) is 4.85. The summed E-state index contributed by atoms with van der Waals surface area (Å²) >= 11 is 0. The van der Waals surface area contributed by atoms with Crippen LogP contribution < -0.4 is 9.47 Å². The SMILES string of the molecule is c1ccc2cc(-c3nc(CCc4ccc5c(c4)OCCO5)n(Cc4cn5ccccc5n4)n3)ccc2c1. The highest BCUT2D eigenvalue weighted by Gasteiger charge is 2.16. The van der Waals surface area contributed by atoms with Crippen LogP contribution in [0, 0.1) is 0 Å². The first kappa shape index (κ1) is 21.6. The third kappa shape index (κ3) is 4.29. The lowest BCUT2D eigenvalue weighted by atomic mass is 10.1. The Morgan fingerprint density at radius 2 is 1.62 bits per heavy atom. The lowest BCUT2D eigenvalue weighted by Gasteiger charge is -2.18. The van der Waals surface area contributed by atoms with E-state index in [2.05, 4.69) is 60.8 Å². The first-order valence-electron chi connectivity index (χ1n) is 12.5. The van der Waals surface area contributed by atoms with E-state index in [9.17, 15) is 0 Å². The van der Waals surface area contributed by atoms with Crippen LogP contribution in [0.5, 0.6) is 11.5 Å². The van der Waals surface area contributed by atoms with Crippen molar-refractivity contribution in [1.29, 1.82) is 0 Å². The number of hydrogen-bond acceptors (Lipinski definition) is 5. The van der Waals surface area contributed by atoms with Crippen LogP contribution in [-0.4, -0.2) is 37.4 Å². The van der Waals surface area contributed by atoms with Gasteiger partial charge in [0.15, 0.2) is 17.3 Å². The average Bonchev–Trinajstić information content (AvgIpc) is 3.55. The molecule has 3 aromatic heterocycles. The Morgan fingerprint density at radius 3 is 2.54 bits per heavy atom. The van der Waals surface area contributed by atoms with Crippen LogP contribution in [0.25, 0.3) is 27.8 Å². The van der Waals surface area contributed by atoms with E-state index in [0.717, 1.165) is 52.9 Å². The molecule has 1 aliphatic rings. The smallest absolute Gasteiger partial charge is 0.181 e. The van der Waals surface area contributed by atoms with Crippen molar-refractivity contribution in [2.45, 2.75) is 19.4 Å². The molecule has 0 saturated heterocycles. The molecular formula is C30H25N5O2. The van der Waals surface area contributed by atoms with E-state index in [1.165, 1.54) is 16.3 Å². The minimum atomic E-state index is 0.554. The van der Waals surface area contributed by atoms with Gasteiger partial charge in [-0.2, -0.15) is 5.10 Å². The molecule has 0 radical (unpaired) electrons. The number of aromatic nitrogens is 5. The van der Waals surface area contributed by atoms with E-state index in [1.54, 1.807) is 0 Å². The van der Waals surface area contributed by atoms with Gasteiger partial charge in [0.1, 0.15) is 24.7 Å². The number of benzene rings is 3. The van der Waals surface area contributed by atoms with Gasteiger partial charge < -0.3 is 13.9 Å². The summed E-state index contributed by atoms with van der Waals surface area (Å²) in [6.07, 6.45) is 5.62. The van der Waals surface area contributed by atoms with Crippen molar-refractivity contribution >= 4 is 16.4 Å². The third-order valence-electron chi connectivity index (χ3n) is 6.73. The van der Waals surface area contributed by atoms with Gasteiger partial charge in [-0.25, -0.2) is 14.6 Å². The third-order valence-corrected chi connectivity index (χ3v) is 6.73. The van der Waals surface area contributed by atoms with E-state index in [0.29, 0.717) is 19.8 Å². The highest BCUT2D eigenvalue weighted by atomic mass is 16.6. The van der Waals surface area contributed by atoms with Gasteiger partial charge in [0, 0.05) is 24.4 Å². The number of rotatable bonds is 6. The fourth-order valence-corrected chi connectivity index (χ4v) is 4.85. The summed E-state index contributed by atoms with van der Waals surface area (Å²) in [5.74, 6) is 3.28. The second-order valence-electron chi connectivity index (χ2n) is 9.25. The molecule has 3 aromatic carbocycles. The van der Waals surface area contributed by atoms with Crippen molar-refractivity contribution < 1.29 is 9.47 Å². The van der Waals surface area contributed by atoms with Crippen molar-refractivity contribution in [2.75, 3.05) is 13.2 Å². The highest BCUT2D eigenvalue weighted by molar-refractivity contribution is 5.86. The average molecular weight is 488 g/mol. The van der Waals surface area contributed by atoms with Crippen molar-refractivity contribution in [3.8, 4) is 22.9 Å². The molecule has 0 amide bonds. The minimum absolute atomic E-state index is 0.554. The molecule has 6 aromatic rings. The second-order valence-corrected chi connectivity index (χ2v) is 9.25. The maximum Gasteiger partial charge on any atom is 0.181 e. The van der Waals surface area contributed by atoms with Gasteiger partial charge in [-0.3, -0.25) is 0 Å². The summed E-state index contributed by atoms with van der Waals surface area (Å²) in [6.45, 7) is 1.73. The first-order valence-corrected chi connectivity index (χ1v) is 12.5. The van der Waals surface area contributed by atoms with Gasteiger partial charge in [0.05, 0.1) is 12.2 Å². The van der Waals surface area contributed by atoms with Crippen LogP contribution in [-0.2, 0) is 19.4 Å². The van der Waals surface area contributed by atoms with Gasteiger partial charge in [-0.05, 0) is 53.1 Å². The predicted octanol–water partition coefficient (Wildman–Crippen LogP) is 5.35. The summed E-state index contributed by atoms with van der Waals surface area (Å²) < 4.78 is 15.5. The normalized spacial score (nSPS) is 12.9. The molecule has 0 aliphatic carbocycles. The molecule has 182 valence electrons. The van der Waals surface area contributed by atoms with Crippen molar-refractivity contribution in [1.82, 2.24) is 24.1 Å². The zero-order chi connectivity index (χ0) is 24.6. The lowest BCUT2D eigenvalue weighted by Crippen LogP contribution is -2.15. The molecule has 4 heterocycles. The molecule has 0 atom stereocenters. The standard InChI is InChI=1S/C30H25N5O2/c1-2-6-23-18-24(11-10-22(23)5-1)30-32-29(13-9-21-8-12-26-27(17-21)37-16-15-36-26)35(33-30)20-25-19-34-14-4-3-7-28(34)31-25/h1-8,10-12,14,17-19H,9,13,15-16,20H2. The maximum absolute atomic E-state index is 5.78. The lowest BCUT2D eigenvalue weighted by molar-refractivity contribution is 0.171. The van der Waals surface area contributed by atoms with Crippen LogP contribution in [0.1, 0.15) is 17.1 Å². The molecular weight excluding hydrogens is 462 g/mol. The Morgan fingerprint density at radius 1 is 0.757 bits per heavy atom. The highest BCUT2D eigenvalue weighted by Crippen LogP contribution is 2.31. The molecule has 0 spiro atoms. The van der Waals surface area contributed by atoms with Crippen LogP contribution >= 0.6 is 0 Å². The molecule has 1 aliphatic heterocycles. The molecule has 7 heteroatoms. The molecule has 0 N–H and O–H groups in total. The molecule has 37 heavy (non-hydrogen) atoms. The number of hydrogen-bond donors (Lipinski definition) is 0. The Balaban J connectivity index is 1.22. The number of pyridine rings is 1. The Kier molecular flexibility index (Phi) is 5.31. The van der Waals surface area contributed by atoms with Crippen LogP contribution in [0.4, 0.5) is 0 Å². The quantitative estimate of drug-likeness (QED) is 0.317. The monoisotopic (exact) mass is 487 g/mol. The second kappa shape index (κ2) is 9.09. The van der Waals surface area contributed by atoms with Crippen molar-refractivity contribution in [2.24, 2.45) is 0 Å². The van der Waals surface area contributed by atoms with Gasteiger partial charge in [-0.15, -0.1) is 0 Å². The van der Waals surface area contributed by atoms with Gasteiger partial charge >= 0.3 is 0 Å². The molecule has 7 nitrogen and oxygen atoms in total. The van der Waals surface area contributed by atoms with Gasteiger partial charge in [0.2, 0.25) is 0 Å². The first-order chi connectivity index (χ1) is 18.3. The topological polar surface area (TPSA) is 66.5 Å². The summed E-state index contributed by atoms with van der Waals surface area (Å²) in [6, 6.07) is 26.9. The summed E-state index contributed by atoms with van der Waals surface area (Å²) in [7, 11) is 0. The number of aryl methyl sites for hydroxylation is 2. The number of nitrogens with zero attached hydrogens (tertiary/aromatic N) is 5. The Labute approximate surface area is 213 Å². The summed E-state index contributed by atoms with van der Waals surface area (Å²) in [4.78, 5) is 9.78. The van der Waals surface area contributed by atoms with Crippen LogP contribution in [0.15, 0.2) is 91.3 Å². The largest absolute Gasteiger partial charge is 0.486 e. The Hall–Kier alpha value is -4.65. The number of imidazole rings is 1. The van der Waals surface area contributed by atoms with Crippen molar-refractivity contribution in [3.63, 3.8) is 0 Å². The van der Waals surface area contributed by atoms with Crippen LogP contribution in [0.2, 0.25) is 0 Å². The number of fused-ring (bicyclic) bond motifs is 3. The Bertz CT molecular complexity index is 1700. The van der Waals surface area contributed by atoms with E-state index in [4.69, 9.17) is 24.5 Å². The summed E-state index contributed by atoms with van der Waals surface area (Å²) in [5.41, 5.74) is 4.05. The zero-order valence-corrected chi connectivity index (χ0v) is 20.2. The van der Waals surface area contributed by atoms with Crippen LogP contribution in [0.3, 0.4) is 0 Å². The van der Waals surface area contributed by atoms with E-state index in [1.807, 2.05) is 39.5 Å². The minimum Gasteiger partial charge on any atom is -0.486 e. The summed E-state index contributed by atoms with van der Waals surface area (Å²) in [5, 5.41) is 7.33. The van der Waals surface area contributed by atoms with E-state index >= 15 is 0 Å². The van der Waals surface area contributed by atoms with Gasteiger partial charge in [-0.1, -0.05) is 48.5 Å². The predicted molar refractivity (Wildman–Crippen MR) is 142 cm³/mol. The molecule has 0 unspecified atom stereocenters. The van der Waals surface area contributed by atoms with E-state index in [-0.39, 0.29) is 0 Å². The van der Waals surface area contributed by atoms with Crippen molar-refractivity contribution in [3.05, 3.63) is 108 Å². The molecule has 0 fully saturated rings. The molecule has 7 rings (SSSR count). The van der Waals surface area contributed by atoms with Gasteiger partial charge in [0.25, 0.3) is 0 Å². The fraction of sp³-hybridized carbons (Fsp3) is 0.167.